The molecule has 37 heavy (non-hydrogen) atoms. The SMILES string of the molecule is O=C(Nc1ccccc1)N[C@@](Cc1ccccc1)(c1cccc(CCC(F)(F)F)c1)c1ccc(Cl)cn1. The number of para-hydroxylation sites is 1. The number of aromatic nitrogens is 1. The molecular formula is C29H25ClF3N3O. The van der Waals surface area contributed by atoms with Crippen molar-refractivity contribution >= 4 is 23.3 Å². The molecule has 0 unspecified atom stereocenters. The van der Waals surface area contributed by atoms with Crippen molar-refractivity contribution in [3.8, 4) is 0 Å². The summed E-state index contributed by atoms with van der Waals surface area (Å²) in [5.74, 6) is 0. The Morgan fingerprint density at radius 1 is 0.838 bits per heavy atom. The van der Waals surface area contributed by atoms with E-state index >= 15 is 0 Å². The number of hydrogen-bond acceptors (Lipinski definition) is 2. The molecular weight excluding hydrogens is 499 g/mol. The first-order valence-electron chi connectivity index (χ1n) is 11.7. The van der Waals surface area contributed by atoms with Crippen molar-refractivity contribution in [1.29, 1.82) is 0 Å². The molecule has 2 amide bonds. The second-order valence-electron chi connectivity index (χ2n) is 8.69. The molecule has 1 atom stereocenters. The van der Waals surface area contributed by atoms with Gasteiger partial charge in [0.2, 0.25) is 0 Å². The van der Waals surface area contributed by atoms with Crippen LogP contribution in [0.2, 0.25) is 5.02 Å². The summed E-state index contributed by atoms with van der Waals surface area (Å²) in [6.45, 7) is 0. The minimum Gasteiger partial charge on any atom is -0.322 e. The average Bonchev–Trinajstić information content (AvgIpc) is 2.88. The van der Waals surface area contributed by atoms with Gasteiger partial charge in [0.05, 0.1) is 10.7 Å². The topological polar surface area (TPSA) is 54.0 Å². The summed E-state index contributed by atoms with van der Waals surface area (Å²) in [5, 5.41) is 6.36. The molecule has 0 saturated heterocycles. The first-order chi connectivity index (χ1) is 17.7. The Morgan fingerprint density at radius 3 is 2.16 bits per heavy atom. The van der Waals surface area contributed by atoms with Crippen LogP contribution in [0.15, 0.2) is 103 Å². The Balaban J connectivity index is 1.81. The predicted molar refractivity (Wildman–Crippen MR) is 140 cm³/mol. The maximum atomic E-state index is 13.3. The van der Waals surface area contributed by atoms with Gasteiger partial charge in [0, 0.05) is 24.7 Å². The Labute approximate surface area is 218 Å². The molecule has 4 rings (SSSR count). The zero-order chi connectivity index (χ0) is 26.3. The molecule has 4 nitrogen and oxygen atoms in total. The number of amides is 2. The van der Waals surface area contributed by atoms with E-state index in [1.54, 1.807) is 60.7 Å². The van der Waals surface area contributed by atoms with E-state index in [1.807, 2.05) is 36.4 Å². The number of alkyl halides is 3. The monoisotopic (exact) mass is 523 g/mol. The highest BCUT2D eigenvalue weighted by molar-refractivity contribution is 6.30. The summed E-state index contributed by atoms with van der Waals surface area (Å²) in [6, 6.07) is 28.2. The molecule has 0 spiro atoms. The second-order valence-corrected chi connectivity index (χ2v) is 9.13. The number of urea groups is 1. The molecule has 3 aromatic carbocycles. The Bertz CT molecular complexity index is 1320. The van der Waals surface area contributed by atoms with Crippen molar-refractivity contribution < 1.29 is 18.0 Å². The van der Waals surface area contributed by atoms with E-state index in [1.165, 1.54) is 6.20 Å². The number of nitrogens with one attached hydrogen (secondary N) is 2. The lowest BCUT2D eigenvalue weighted by Gasteiger charge is -2.36. The summed E-state index contributed by atoms with van der Waals surface area (Å²) in [6.07, 6.45) is -3.61. The zero-order valence-corrected chi connectivity index (χ0v) is 20.6. The van der Waals surface area contributed by atoms with Crippen LogP contribution in [-0.4, -0.2) is 17.2 Å². The fourth-order valence-electron chi connectivity index (χ4n) is 4.21. The Morgan fingerprint density at radius 2 is 1.51 bits per heavy atom. The molecule has 0 radical (unpaired) electrons. The van der Waals surface area contributed by atoms with E-state index in [2.05, 4.69) is 15.6 Å². The molecule has 1 heterocycles. The summed E-state index contributed by atoms with van der Waals surface area (Å²) in [4.78, 5) is 17.9. The van der Waals surface area contributed by atoms with Gasteiger partial charge in [-0.25, -0.2) is 4.79 Å². The molecule has 2 N–H and O–H groups in total. The van der Waals surface area contributed by atoms with Crippen molar-refractivity contribution in [2.75, 3.05) is 5.32 Å². The van der Waals surface area contributed by atoms with Gasteiger partial charge in [-0.2, -0.15) is 13.2 Å². The van der Waals surface area contributed by atoms with Crippen molar-refractivity contribution in [3.05, 3.63) is 131 Å². The van der Waals surface area contributed by atoms with Crippen LogP contribution >= 0.6 is 11.6 Å². The maximum Gasteiger partial charge on any atom is 0.389 e. The predicted octanol–water partition coefficient (Wildman–Crippen LogP) is 7.54. The van der Waals surface area contributed by atoms with Gasteiger partial charge in [-0.05, 0) is 47.4 Å². The molecule has 0 aliphatic heterocycles. The lowest BCUT2D eigenvalue weighted by molar-refractivity contribution is -0.134. The lowest BCUT2D eigenvalue weighted by atomic mass is 9.79. The molecule has 0 aliphatic carbocycles. The number of benzene rings is 3. The zero-order valence-electron chi connectivity index (χ0n) is 19.8. The Kier molecular flexibility index (Phi) is 8.14. The molecule has 8 heteroatoms. The van der Waals surface area contributed by atoms with E-state index in [9.17, 15) is 18.0 Å². The van der Waals surface area contributed by atoms with Crippen LogP contribution in [0.4, 0.5) is 23.7 Å². The number of halogens is 4. The third-order valence-corrected chi connectivity index (χ3v) is 6.18. The van der Waals surface area contributed by atoms with Crippen LogP contribution < -0.4 is 10.6 Å². The molecule has 0 bridgehead atoms. The largest absolute Gasteiger partial charge is 0.389 e. The van der Waals surface area contributed by atoms with Crippen LogP contribution in [0.1, 0.15) is 28.8 Å². The number of rotatable bonds is 8. The normalized spacial score (nSPS) is 13.0. The van der Waals surface area contributed by atoms with Gasteiger partial charge in [0.25, 0.3) is 0 Å². The van der Waals surface area contributed by atoms with Gasteiger partial charge in [0.1, 0.15) is 5.54 Å². The first kappa shape index (κ1) is 26.2. The second kappa shape index (κ2) is 11.5. The van der Waals surface area contributed by atoms with Crippen LogP contribution in [0, 0.1) is 0 Å². The van der Waals surface area contributed by atoms with Crippen molar-refractivity contribution in [2.45, 2.75) is 31.0 Å². The van der Waals surface area contributed by atoms with Gasteiger partial charge >= 0.3 is 12.2 Å². The molecule has 0 saturated carbocycles. The number of pyridine rings is 1. The molecule has 190 valence electrons. The summed E-state index contributed by atoms with van der Waals surface area (Å²) >= 11 is 6.12. The smallest absolute Gasteiger partial charge is 0.322 e. The number of hydrogen-bond donors (Lipinski definition) is 2. The van der Waals surface area contributed by atoms with Crippen molar-refractivity contribution in [3.63, 3.8) is 0 Å². The van der Waals surface area contributed by atoms with Gasteiger partial charge in [-0.3, -0.25) is 4.98 Å². The van der Waals surface area contributed by atoms with Gasteiger partial charge in [-0.1, -0.05) is 84.4 Å². The summed E-state index contributed by atoms with van der Waals surface area (Å²) < 4.78 is 38.9. The highest BCUT2D eigenvalue weighted by atomic mass is 35.5. The highest BCUT2D eigenvalue weighted by Gasteiger charge is 2.38. The van der Waals surface area contributed by atoms with Gasteiger partial charge in [0.15, 0.2) is 0 Å². The van der Waals surface area contributed by atoms with E-state index in [-0.39, 0.29) is 6.42 Å². The van der Waals surface area contributed by atoms with E-state index in [4.69, 9.17) is 11.6 Å². The van der Waals surface area contributed by atoms with Crippen LogP contribution in [0.25, 0.3) is 0 Å². The summed E-state index contributed by atoms with van der Waals surface area (Å²) in [5.41, 5.74) is 1.90. The number of anilines is 1. The lowest BCUT2D eigenvalue weighted by Crippen LogP contribution is -2.50. The van der Waals surface area contributed by atoms with Crippen molar-refractivity contribution in [1.82, 2.24) is 10.3 Å². The molecule has 0 aliphatic rings. The summed E-state index contributed by atoms with van der Waals surface area (Å²) in [7, 11) is 0. The molecule has 0 fully saturated rings. The maximum absolute atomic E-state index is 13.3. The third-order valence-electron chi connectivity index (χ3n) is 5.95. The molecule has 1 aromatic heterocycles. The molecule has 4 aromatic rings. The number of aryl methyl sites for hydroxylation is 1. The third kappa shape index (κ3) is 7.11. The van der Waals surface area contributed by atoms with E-state index < -0.39 is 24.2 Å². The van der Waals surface area contributed by atoms with Gasteiger partial charge < -0.3 is 10.6 Å². The van der Waals surface area contributed by atoms with E-state index in [0.29, 0.717) is 34.0 Å². The quantitative estimate of drug-likeness (QED) is 0.251. The van der Waals surface area contributed by atoms with Crippen molar-refractivity contribution in [2.24, 2.45) is 0 Å². The number of carbonyl (C=O) groups is 1. The fraction of sp³-hybridized carbons (Fsp3) is 0.172. The van der Waals surface area contributed by atoms with Crippen LogP contribution in [-0.2, 0) is 18.4 Å². The van der Waals surface area contributed by atoms with E-state index in [0.717, 1.165) is 5.56 Å². The first-order valence-corrected chi connectivity index (χ1v) is 12.1. The standard InChI is InChI=1S/C29H25ClF3N3O/c30-24-14-15-26(34-20-24)28(19-22-8-3-1-4-9-22,36-27(37)35-25-12-5-2-6-13-25)23-11-7-10-21(18-23)16-17-29(31,32)33/h1-15,18,20H,16-17,19H2,(H2,35,36,37)/t28-/m0/s1. The Hall–Kier alpha value is -3.84. The highest BCUT2D eigenvalue weighted by Crippen LogP contribution is 2.34. The number of nitrogens with zero attached hydrogens (tertiary/aromatic N) is 1. The minimum absolute atomic E-state index is 0.178. The fourth-order valence-corrected chi connectivity index (χ4v) is 4.32. The van der Waals surface area contributed by atoms with Crippen LogP contribution in [0.5, 0.6) is 0 Å². The minimum atomic E-state index is -4.28. The van der Waals surface area contributed by atoms with Crippen LogP contribution in [0.3, 0.4) is 0 Å². The van der Waals surface area contributed by atoms with Gasteiger partial charge in [-0.15, -0.1) is 0 Å². The average molecular weight is 524 g/mol. The number of carbonyl (C=O) groups excluding carboxylic acids is 1.